The number of sulfonamides is 1. The first-order valence-electron chi connectivity index (χ1n) is 8.57. The Labute approximate surface area is 155 Å². The van der Waals surface area contributed by atoms with Gasteiger partial charge < -0.3 is 9.88 Å². The van der Waals surface area contributed by atoms with E-state index in [0.29, 0.717) is 16.8 Å². The van der Waals surface area contributed by atoms with Crippen molar-refractivity contribution in [1.82, 2.24) is 9.88 Å². The maximum atomic E-state index is 12.8. The van der Waals surface area contributed by atoms with Crippen LogP contribution in [-0.2, 0) is 10.0 Å². The van der Waals surface area contributed by atoms with E-state index < -0.39 is 10.0 Å². The Kier molecular flexibility index (Phi) is 5.81. The molecule has 7 heteroatoms. The molecule has 0 radical (unpaired) electrons. The van der Waals surface area contributed by atoms with Gasteiger partial charge in [-0.05, 0) is 52.3 Å². The van der Waals surface area contributed by atoms with Crippen LogP contribution in [0, 0.1) is 13.8 Å². The quantitative estimate of drug-likeness (QED) is 0.808. The minimum absolute atomic E-state index is 0.174. The van der Waals surface area contributed by atoms with E-state index in [1.165, 1.54) is 0 Å². The maximum absolute atomic E-state index is 12.8. The van der Waals surface area contributed by atoms with Gasteiger partial charge >= 0.3 is 0 Å². The van der Waals surface area contributed by atoms with E-state index in [1.54, 1.807) is 18.2 Å². The number of hydrogen-bond donors (Lipinski definition) is 2. The standard InChI is InChI=1S/C19H27N3O3S/c1-12(2)22-13(3)11-17(15(22)5)19(23)20-14(4)16-9-7-8-10-18(16)21-26(6,24)25/h7-12,14,21H,1-6H3,(H,20,23). The van der Waals surface area contributed by atoms with Crippen LogP contribution in [0.15, 0.2) is 30.3 Å². The van der Waals surface area contributed by atoms with E-state index in [1.807, 2.05) is 32.9 Å². The topological polar surface area (TPSA) is 80.2 Å². The molecular weight excluding hydrogens is 350 g/mol. The summed E-state index contributed by atoms with van der Waals surface area (Å²) in [6.45, 7) is 9.92. The lowest BCUT2D eigenvalue weighted by atomic mass is 10.1. The van der Waals surface area contributed by atoms with Gasteiger partial charge in [-0.3, -0.25) is 9.52 Å². The summed E-state index contributed by atoms with van der Waals surface area (Å²) in [5, 5.41) is 2.97. The Morgan fingerprint density at radius 2 is 1.73 bits per heavy atom. The van der Waals surface area contributed by atoms with Crippen LogP contribution in [0.5, 0.6) is 0 Å². The zero-order chi connectivity index (χ0) is 19.6. The molecule has 0 aliphatic rings. The second-order valence-electron chi connectivity index (χ2n) is 6.91. The van der Waals surface area contributed by atoms with Crippen molar-refractivity contribution in [1.29, 1.82) is 0 Å². The van der Waals surface area contributed by atoms with Crippen molar-refractivity contribution < 1.29 is 13.2 Å². The molecule has 2 aromatic rings. The molecule has 1 amide bonds. The molecule has 0 saturated carbocycles. The van der Waals surface area contributed by atoms with Crippen LogP contribution < -0.4 is 10.0 Å². The molecule has 2 rings (SSSR count). The number of rotatable bonds is 6. The fourth-order valence-corrected chi connectivity index (χ4v) is 3.91. The van der Waals surface area contributed by atoms with Gasteiger partial charge in [0.25, 0.3) is 5.91 Å². The van der Waals surface area contributed by atoms with E-state index in [4.69, 9.17) is 0 Å². The first-order valence-corrected chi connectivity index (χ1v) is 10.5. The number of nitrogens with one attached hydrogen (secondary N) is 2. The monoisotopic (exact) mass is 377 g/mol. The summed E-state index contributed by atoms with van der Waals surface area (Å²) in [6.07, 6.45) is 1.10. The molecule has 2 N–H and O–H groups in total. The van der Waals surface area contributed by atoms with Crippen molar-refractivity contribution in [3.8, 4) is 0 Å². The Hall–Kier alpha value is -2.28. The number of amides is 1. The molecule has 1 aromatic carbocycles. The van der Waals surface area contributed by atoms with Crippen LogP contribution in [0.2, 0.25) is 0 Å². The summed E-state index contributed by atoms with van der Waals surface area (Å²) in [7, 11) is -3.40. The maximum Gasteiger partial charge on any atom is 0.253 e. The molecule has 142 valence electrons. The lowest BCUT2D eigenvalue weighted by Gasteiger charge is -2.19. The van der Waals surface area contributed by atoms with Crippen LogP contribution >= 0.6 is 0 Å². The van der Waals surface area contributed by atoms with Crippen molar-refractivity contribution in [2.45, 2.75) is 46.7 Å². The highest BCUT2D eigenvalue weighted by atomic mass is 32.2. The molecule has 0 aliphatic heterocycles. The number of hydrogen-bond acceptors (Lipinski definition) is 3. The minimum Gasteiger partial charge on any atom is -0.346 e. The molecule has 0 spiro atoms. The summed E-state index contributed by atoms with van der Waals surface area (Å²) in [6, 6.07) is 8.86. The van der Waals surface area contributed by atoms with Gasteiger partial charge in [0.15, 0.2) is 0 Å². The van der Waals surface area contributed by atoms with Gasteiger partial charge in [-0.1, -0.05) is 18.2 Å². The van der Waals surface area contributed by atoms with Crippen molar-refractivity contribution >= 4 is 21.6 Å². The zero-order valence-electron chi connectivity index (χ0n) is 16.1. The average molecular weight is 378 g/mol. The molecule has 0 bridgehead atoms. The Balaban J connectivity index is 2.27. The second kappa shape index (κ2) is 7.53. The van der Waals surface area contributed by atoms with Crippen molar-refractivity contribution in [3.63, 3.8) is 0 Å². The third-order valence-corrected chi connectivity index (χ3v) is 4.91. The number of carbonyl (C=O) groups is 1. The smallest absolute Gasteiger partial charge is 0.253 e. The van der Waals surface area contributed by atoms with E-state index in [-0.39, 0.29) is 18.0 Å². The molecule has 0 saturated heterocycles. The summed E-state index contributed by atoms with van der Waals surface area (Å²) in [5.41, 5.74) is 3.77. The summed E-state index contributed by atoms with van der Waals surface area (Å²) in [5.74, 6) is -0.174. The number of anilines is 1. The van der Waals surface area contributed by atoms with Gasteiger partial charge in [0.05, 0.1) is 23.5 Å². The fourth-order valence-electron chi connectivity index (χ4n) is 3.32. The molecular formula is C19H27N3O3S. The predicted octanol–water partition coefficient (Wildman–Crippen LogP) is 3.55. The van der Waals surface area contributed by atoms with E-state index in [9.17, 15) is 13.2 Å². The number of aryl methyl sites for hydroxylation is 1. The fraction of sp³-hybridized carbons (Fsp3) is 0.421. The number of carbonyl (C=O) groups excluding carboxylic acids is 1. The van der Waals surface area contributed by atoms with Crippen LogP contribution in [-0.4, -0.2) is 25.1 Å². The van der Waals surface area contributed by atoms with Gasteiger partial charge in [0, 0.05) is 17.4 Å². The van der Waals surface area contributed by atoms with Gasteiger partial charge in [-0.2, -0.15) is 0 Å². The molecule has 1 heterocycles. The lowest BCUT2D eigenvalue weighted by molar-refractivity contribution is 0.0939. The summed E-state index contributed by atoms with van der Waals surface area (Å²) >= 11 is 0. The third-order valence-electron chi connectivity index (χ3n) is 4.32. The van der Waals surface area contributed by atoms with Crippen molar-refractivity contribution in [2.24, 2.45) is 0 Å². The zero-order valence-corrected chi connectivity index (χ0v) is 16.9. The second-order valence-corrected chi connectivity index (χ2v) is 8.65. The Bertz CT molecular complexity index is 914. The van der Waals surface area contributed by atoms with Crippen LogP contribution in [0.3, 0.4) is 0 Å². The molecule has 0 fully saturated rings. The number of benzene rings is 1. The third kappa shape index (κ3) is 4.46. The lowest BCUT2D eigenvalue weighted by Crippen LogP contribution is -2.28. The Morgan fingerprint density at radius 1 is 1.12 bits per heavy atom. The normalized spacial score (nSPS) is 12.9. The summed E-state index contributed by atoms with van der Waals surface area (Å²) < 4.78 is 27.8. The van der Waals surface area contributed by atoms with Gasteiger partial charge in [0.2, 0.25) is 10.0 Å². The first-order chi connectivity index (χ1) is 12.0. The Morgan fingerprint density at radius 3 is 2.27 bits per heavy atom. The number of para-hydroxylation sites is 1. The van der Waals surface area contributed by atoms with Crippen LogP contribution in [0.1, 0.15) is 60.2 Å². The van der Waals surface area contributed by atoms with Gasteiger partial charge in [0.1, 0.15) is 0 Å². The molecule has 26 heavy (non-hydrogen) atoms. The van der Waals surface area contributed by atoms with Gasteiger partial charge in [-0.25, -0.2) is 8.42 Å². The van der Waals surface area contributed by atoms with Crippen LogP contribution in [0.25, 0.3) is 0 Å². The minimum atomic E-state index is -3.40. The highest BCUT2D eigenvalue weighted by molar-refractivity contribution is 7.92. The number of nitrogens with zero attached hydrogens (tertiary/aromatic N) is 1. The number of aromatic nitrogens is 1. The molecule has 6 nitrogen and oxygen atoms in total. The van der Waals surface area contributed by atoms with Crippen molar-refractivity contribution in [2.75, 3.05) is 11.0 Å². The molecule has 1 aromatic heterocycles. The van der Waals surface area contributed by atoms with Gasteiger partial charge in [-0.15, -0.1) is 0 Å². The predicted molar refractivity (Wildman–Crippen MR) is 105 cm³/mol. The molecule has 1 unspecified atom stereocenters. The van der Waals surface area contributed by atoms with E-state index >= 15 is 0 Å². The highest BCUT2D eigenvalue weighted by Crippen LogP contribution is 2.25. The highest BCUT2D eigenvalue weighted by Gasteiger charge is 2.20. The molecule has 0 aliphatic carbocycles. The van der Waals surface area contributed by atoms with Crippen LogP contribution in [0.4, 0.5) is 5.69 Å². The summed E-state index contributed by atoms with van der Waals surface area (Å²) in [4.78, 5) is 12.8. The van der Waals surface area contributed by atoms with E-state index in [2.05, 4.69) is 28.5 Å². The largest absolute Gasteiger partial charge is 0.346 e. The SMILES string of the molecule is Cc1cc(C(=O)NC(C)c2ccccc2NS(C)(=O)=O)c(C)n1C(C)C. The molecule has 1 atom stereocenters. The average Bonchev–Trinajstić information content (AvgIpc) is 2.81. The van der Waals surface area contributed by atoms with Crippen molar-refractivity contribution in [3.05, 3.63) is 52.8 Å². The first kappa shape index (κ1) is 20.0. The van der Waals surface area contributed by atoms with E-state index in [0.717, 1.165) is 17.6 Å².